The van der Waals surface area contributed by atoms with Crippen molar-refractivity contribution in [3.05, 3.63) is 34.9 Å². The molecule has 1 saturated carbocycles. The zero-order valence-electron chi connectivity index (χ0n) is 13.7. The summed E-state index contributed by atoms with van der Waals surface area (Å²) in [5.74, 6) is 0.265. The highest BCUT2D eigenvalue weighted by Crippen LogP contribution is 2.23. The maximum atomic E-state index is 12.1. The summed E-state index contributed by atoms with van der Waals surface area (Å²) in [7, 11) is 0. The quantitative estimate of drug-likeness (QED) is 0.865. The molecule has 2 amide bonds. The molecule has 23 heavy (non-hydrogen) atoms. The minimum Gasteiger partial charge on any atom is -0.354 e. The van der Waals surface area contributed by atoms with Crippen LogP contribution in [0.25, 0.3) is 0 Å². The molecule has 0 aliphatic heterocycles. The third-order valence-electron chi connectivity index (χ3n) is 4.42. The van der Waals surface area contributed by atoms with Crippen LogP contribution in [-0.4, -0.2) is 29.8 Å². The van der Waals surface area contributed by atoms with Crippen LogP contribution < -0.4 is 5.32 Å². The molecule has 4 nitrogen and oxygen atoms in total. The predicted octanol–water partition coefficient (Wildman–Crippen LogP) is 3.39. The van der Waals surface area contributed by atoms with Crippen LogP contribution in [0, 0.1) is 5.92 Å². The van der Waals surface area contributed by atoms with Crippen molar-refractivity contribution in [2.45, 2.75) is 45.6 Å². The Kier molecular flexibility index (Phi) is 6.90. The van der Waals surface area contributed by atoms with E-state index < -0.39 is 0 Å². The van der Waals surface area contributed by atoms with Crippen molar-refractivity contribution in [3.8, 4) is 0 Å². The van der Waals surface area contributed by atoms with E-state index >= 15 is 0 Å². The van der Waals surface area contributed by atoms with Gasteiger partial charge in [0, 0.05) is 37.5 Å². The molecule has 126 valence electrons. The van der Waals surface area contributed by atoms with Crippen molar-refractivity contribution < 1.29 is 9.59 Å². The number of hydrogen-bond donors (Lipinski definition) is 1. The van der Waals surface area contributed by atoms with Gasteiger partial charge in [-0.2, -0.15) is 0 Å². The molecular weight excluding hydrogens is 312 g/mol. The van der Waals surface area contributed by atoms with Gasteiger partial charge in [-0.25, -0.2) is 0 Å². The second-order valence-corrected chi connectivity index (χ2v) is 6.57. The molecule has 1 N–H and O–H groups in total. The van der Waals surface area contributed by atoms with Crippen LogP contribution in [0.4, 0.5) is 0 Å². The maximum absolute atomic E-state index is 12.1. The Balaban J connectivity index is 1.82. The van der Waals surface area contributed by atoms with Gasteiger partial charge in [0.15, 0.2) is 0 Å². The van der Waals surface area contributed by atoms with Crippen molar-refractivity contribution in [2.75, 3.05) is 13.1 Å². The lowest BCUT2D eigenvalue weighted by atomic mass is 9.89. The number of hydrogen-bond acceptors (Lipinski definition) is 2. The van der Waals surface area contributed by atoms with Gasteiger partial charge in [-0.05, 0) is 24.5 Å². The van der Waals surface area contributed by atoms with Crippen LogP contribution in [-0.2, 0) is 16.1 Å². The fourth-order valence-electron chi connectivity index (χ4n) is 3.00. The lowest BCUT2D eigenvalue weighted by molar-refractivity contribution is -0.130. The van der Waals surface area contributed by atoms with Gasteiger partial charge in [0.25, 0.3) is 0 Å². The molecule has 0 aromatic heterocycles. The fourth-order valence-corrected chi connectivity index (χ4v) is 3.20. The fraction of sp³-hybridized carbons (Fsp3) is 0.556. The van der Waals surface area contributed by atoms with Crippen LogP contribution >= 0.6 is 11.6 Å². The first kappa shape index (κ1) is 17.8. The Morgan fingerprint density at radius 3 is 2.57 bits per heavy atom. The molecule has 0 radical (unpaired) electrons. The second kappa shape index (κ2) is 8.92. The number of nitrogens with zero attached hydrogens (tertiary/aromatic N) is 1. The third kappa shape index (κ3) is 5.54. The Labute approximate surface area is 143 Å². The molecule has 2 rings (SSSR count). The smallest absolute Gasteiger partial charge is 0.223 e. The van der Waals surface area contributed by atoms with Crippen molar-refractivity contribution in [1.29, 1.82) is 0 Å². The van der Waals surface area contributed by atoms with Crippen molar-refractivity contribution in [1.82, 2.24) is 10.2 Å². The van der Waals surface area contributed by atoms with Gasteiger partial charge in [0.05, 0.1) is 0 Å². The number of rotatable bonds is 6. The highest BCUT2D eigenvalue weighted by Gasteiger charge is 2.21. The molecular formula is C18H25ClN2O2. The van der Waals surface area contributed by atoms with E-state index in [2.05, 4.69) is 5.32 Å². The molecule has 1 aliphatic carbocycles. The van der Waals surface area contributed by atoms with Gasteiger partial charge in [-0.15, -0.1) is 0 Å². The Hall–Kier alpha value is -1.55. The standard InChI is InChI=1S/C18H25ClN2O2/c1-14(22)21(13-16-9-5-6-10-17(16)19)12-11-20-18(23)15-7-3-2-4-8-15/h5-6,9-10,15H,2-4,7-8,11-13H2,1H3,(H,20,23). The number of amides is 2. The summed E-state index contributed by atoms with van der Waals surface area (Å²) >= 11 is 6.15. The molecule has 1 aliphatic rings. The first-order valence-corrected chi connectivity index (χ1v) is 8.72. The maximum Gasteiger partial charge on any atom is 0.223 e. The van der Waals surface area contributed by atoms with Crippen LogP contribution in [0.1, 0.15) is 44.6 Å². The summed E-state index contributed by atoms with van der Waals surface area (Å²) in [6, 6.07) is 7.51. The van der Waals surface area contributed by atoms with E-state index in [0.29, 0.717) is 24.7 Å². The molecule has 0 atom stereocenters. The number of benzene rings is 1. The lowest BCUT2D eigenvalue weighted by Crippen LogP contribution is -2.39. The van der Waals surface area contributed by atoms with Crippen LogP contribution in [0.2, 0.25) is 5.02 Å². The van der Waals surface area contributed by atoms with E-state index in [4.69, 9.17) is 11.6 Å². The summed E-state index contributed by atoms with van der Waals surface area (Å²) in [5.41, 5.74) is 0.919. The molecule has 0 saturated heterocycles. The third-order valence-corrected chi connectivity index (χ3v) is 4.79. The van der Waals surface area contributed by atoms with E-state index in [1.54, 1.807) is 11.8 Å². The topological polar surface area (TPSA) is 49.4 Å². The van der Waals surface area contributed by atoms with E-state index in [9.17, 15) is 9.59 Å². The zero-order valence-corrected chi connectivity index (χ0v) is 14.4. The van der Waals surface area contributed by atoms with Gasteiger partial charge >= 0.3 is 0 Å². The highest BCUT2D eigenvalue weighted by molar-refractivity contribution is 6.31. The molecule has 1 aromatic carbocycles. The molecule has 1 aromatic rings. The number of carbonyl (C=O) groups excluding carboxylic acids is 2. The summed E-state index contributed by atoms with van der Waals surface area (Å²) in [6.07, 6.45) is 5.50. The molecule has 0 heterocycles. The van der Waals surface area contributed by atoms with Crippen molar-refractivity contribution in [3.63, 3.8) is 0 Å². The molecule has 5 heteroatoms. The molecule has 0 unspecified atom stereocenters. The summed E-state index contributed by atoms with van der Waals surface area (Å²) in [4.78, 5) is 25.6. The van der Waals surface area contributed by atoms with Gasteiger partial charge in [0.2, 0.25) is 11.8 Å². The summed E-state index contributed by atoms with van der Waals surface area (Å²) in [5, 5.41) is 3.63. The average Bonchev–Trinajstić information content (AvgIpc) is 2.56. The normalized spacial score (nSPS) is 15.2. The average molecular weight is 337 g/mol. The largest absolute Gasteiger partial charge is 0.354 e. The van der Waals surface area contributed by atoms with Crippen LogP contribution in [0.15, 0.2) is 24.3 Å². The number of halogens is 1. The SMILES string of the molecule is CC(=O)N(CCNC(=O)C1CCCCC1)Cc1ccccc1Cl. The van der Waals surface area contributed by atoms with Crippen molar-refractivity contribution >= 4 is 23.4 Å². The predicted molar refractivity (Wildman–Crippen MR) is 92.1 cm³/mol. The lowest BCUT2D eigenvalue weighted by Gasteiger charge is -2.24. The van der Waals surface area contributed by atoms with Crippen molar-refractivity contribution in [2.24, 2.45) is 5.92 Å². The van der Waals surface area contributed by atoms with E-state index in [-0.39, 0.29) is 17.7 Å². The summed E-state index contributed by atoms with van der Waals surface area (Å²) in [6.45, 7) is 2.99. The van der Waals surface area contributed by atoms with E-state index in [0.717, 1.165) is 31.2 Å². The monoisotopic (exact) mass is 336 g/mol. The first-order chi connectivity index (χ1) is 11.1. The Bertz CT molecular complexity index is 542. The Morgan fingerprint density at radius 2 is 1.91 bits per heavy atom. The number of nitrogens with one attached hydrogen (secondary N) is 1. The minimum absolute atomic E-state index is 0.0168. The van der Waals surface area contributed by atoms with Gasteiger partial charge in [-0.1, -0.05) is 49.1 Å². The van der Waals surface area contributed by atoms with Crippen LogP contribution in [0.5, 0.6) is 0 Å². The molecule has 0 spiro atoms. The zero-order chi connectivity index (χ0) is 16.7. The Morgan fingerprint density at radius 1 is 1.22 bits per heavy atom. The van der Waals surface area contributed by atoms with Gasteiger partial charge in [-0.3, -0.25) is 9.59 Å². The van der Waals surface area contributed by atoms with Crippen LogP contribution in [0.3, 0.4) is 0 Å². The van der Waals surface area contributed by atoms with E-state index in [1.807, 2.05) is 24.3 Å². The van der Waals surface area contributed by atoms with Gasteiger partial charge < -0.3 is 10.2 Å². The second-order valence-electron chi connectivity index (χ2n) is 6.16. The first-order valence-electron chi connectivity index (χ1n) is 8.34. The number of carbonyl (C=O) groups is 2. The van der Waals surface area contributed by atoms with E-state index in [1.165, 1.54) is 6.42 Å². The van der Waals surface area contributed by atoms with Gasteiger partial charge in [0.1, 0.15) is 0 Å². The summed E-state index contributed by atoms with van der Waals surface area (Å²) < 4.78 is 0. The molecule has 0 bridgehead atoms. The minimum atomic E-state index is -0.0168. The molecule has 1 fully saturated rings. The highest BCUT2D eigenvalue weighted by atomic mass is 35.5.